The van der Waals surface area contributed by atoms with E-state index in [1.54, 1.807) is 31.2 Å². The van der Waals surface area contributed by atoms with Gasteiger partial charge in [-0.25, -0.2) is 0 Å². The van der Waals surface area contributed by atoms with Crippen LogP contribution in [0, 0.1) is 6.92 Å². The number of carbonyl (C=O) groups is 3. The highest BCUT2D eigenvalue weighted by Gasteiger charge is 2.41. The Kier molecular flexibility index (Phi) is 7.22. The van der Waals surface area contributed by atoms with Crippen molar-refractivity contribution in [2.75, 3.05) is 19.5 Å². The van der Waals surface area contributed by atoms with Gasteiger partial charge < -0.3 is 20.3 Å². The molecule has 1 aliphatic heterocycles. The standard InChI is InChI=1S/C34H29N3O4S/c1-20-8-4-6-10-25(20)30-29-27(34(40)37(30)18-21-12-14-24(41-3)15-13-21)16-23(32(38)35-2)17-28(29)36-33(39)31-26-11-7-5-9-22(26)19-42-31/h4-17,19,30H,18H2,1-3H3,(H,35,38)(H,36,39). The predicted octanol–water partition coefficient (Wildman–Crippen LogP) is 6.58. The first kappa shape index (κ1) is 27.2. The molecular formula is C34H29N3O4S. The lowest BCUT2D eigenvalue weighted by Crippen LogP contribution is -2.29. The van der Waals surface area contributed by atoms with Gasteiger partial charge in [0.25, 0.3) is 17.7 Å². The Labute approximate surface area is 247 Å². The van der Waals surface area contributed by atoms with Crippen LogP contribution in [0.4, 0.5) is 5.69 Å². The zero-order valence-electron chi connectivity index (χ0n) is 23.4. The normalized spacial score (nSPS) is 14.1. The maximum Gasteiger partial charge on any atom is 0.266 e. The molecule has 0 spiro atoms. The Hall–Kier alpha value is -4.95. The van der Waals surface area contributed by atoms with Gasteiger partial charge in [-0.1, -0.05) is 60.7 Å². The first-order chi connectivity index (χ1) is 20.4. The molecular weight excluding hydrogens is 546 g/mol. The molecule has 0 saturated carbocycles. The molecule has 0 saturated heterocycles. The van der Waals surface area contributed by atoms with Crippen molar-refractivity contribution in [2.45, 2.75) is 19.5 Å². The van der Waals surface area contributed by atoms with Crippen molar-refractivity contribution in [3.05, 3.63) is 129 Å². The summed E-state index contributed by atoms with van der Waals surface area (Å²) in [5, 5.41) is 9.52. The number of fused-ring (bicyclic) bond motifs is 2. The Morgan fingerprint density at radius 2 is 1.69 bits per heavy atom. The van der Waals surface area contributed by atoms with Crippen molar-refractivity contribution >= 4 is 45.5 Å². The van der Waals surface area contributed by atoms with E-state index in [-0.39, 0.29) is 17.7 Å². The number of nitrogens with zero attached hydrogens (tertiary/aromatic N) is 1. The molecule has 0 aliphatic carbocycles. The van der Waals surface area contributed by atoms with Crippen LogP contribution >= 0.6 is 11.3 Å². The van der Waals surface area contributed by atoms with Crippen LogP contribution in [-0.4, -0.2) is 36.8 Å². The fraction of sp³-hybridized carbons (Fsp3) is 0.147. The van der Waals surface area contributed by atoms with E-state index in [4.69, 9.17) is 4.74 Å². The summed E-state index contributed by atoms with van der Waals surface area (Å²) < 4.78 is 5.32. The molecule has 42 heavy (non-hydrogen) atoms. The number of hydrogen-bond donors (Lipinski definition) is 2. The van der Waals surface area contributed by atoms with Crippen molar-refractivity contribution in [3.63, 3.8) is 0 Å². The average molecular weight is 576 g/mol. The Morgan fingerprint density at radius 1 is 0.952 bits per heavy atom. The van der Waals surface area contributed by atoms with Crippen LogP contribution in [0.5, 0.6) is 5.75 Å². The number of carbonyl (C=O) groups excluding carboxylic acids is 3. The SMILES string of the molecule is CNC(=O)c1cc(NC(=O)c2scc3ccccc23)c2c(c1)C(=O)N(Cc1ccc(OC)cc1)C2c1ccccc1C. The van der Waals surface area contributed by atoms with E-state index in [0.29, 0.717) is 33.8 Å². The summed E-state index contributed by atoms with van der Waals surface area (Å²) in [5.41, 5.74) is 4.69. The van der Waals surface area contributed by atoms with Gasteiger partial charge in [-0.05, 0) is 58.6 Å². The van der Waals surface area contributed by atoms with E-state index in [9.17, 15) is 14.4 Å². The summed E-state index contributed by atoms with van der Waals surface area (Å²) in [5.74, 6) is -0.116. The number of methoxy groups -OCH3 is 1. The molecule has 4 aromatic carbocycles. The van der Waals surface area contributed by atoms with Gasteiger partial charge in [-0.15, -0.1) is 11.3 Å². The smallest absolute Gasteiger partial charge is 0.266 e. The van der Waals surface area contributed by atoms with Crippen LogP contribution in [0.3, 0.4) is 0 Å². The number of nitrogens with one attached hydrogen (secondary N) is 2. The molecule has 210 valence electrons. The lowest BCUT2D eigenvalue weighted by molar-refractivity contribution is 0.0735. The summed E-state index contributed by atoms with van der Waals surface area (Å²) >= 11 is 1.37. The number of amides is 3. The van der Waals surface area contributed by atoms with Gasteiger partial charge >= 0.3 is 0 Å². The fourth-order valence-electron chi connectivity index (χ4n) is 5.59. The van der Waals surface area contributed by atoms with E-state index in [1.165, 1.54) is 11.3 Å². The molecule has 0 radical (unpaired) electrons. The second kappa shape index (κ2) is 11.1. The van der Waals surface area contributed by atoms with Crippen LogP contribution in [0.25, 0.3) is 10.8 Å². The molecule has 1 aromatic heterocycles. The number of aryl methyl sites for hydroxylation is 1. The third kappa shape index (κ3) is 4.80. The van der Waals surface area contributed by atoms with Crippen molar-refractivity contribution in [1.82, 2.24) is 10.2 Å². The molecule has 1 atom stereocenters. The highest BCUT2D eigenvalue weighted by molar-refractivity contribution is 7.14. The van der Waals surface area contributed by atoms with E-state index in [0.717, 1.165) is 33.2 Å². The molecule has 0 fully saturated rings. The molecule has 5 aromatic rings. The van der Waals surface area contributed by atoms with Crippen molar-refractivity contribution in [2.24, 2.45) is 0 Å². The van der Waals surface area contributed by atoms with E-state index in [2.05, 4.69) is 10.6 Å². The van der Waals surface area contributed by atoms with Gasteiger partial charge in [0.1, 0.15) is 10.6 Å². The zero-order chi connectivity index (χ0) is 29.4. The third-order valence-electron chi connectivity index (χ3n) is 7.70. The van der Waals surface area contributed by atoms with Crippen LogP contribution in [0.2, 0.25) is 0 Å². The van der Waals surface area contributed by atoms with Gasteiger partial charge in [0.2, 0.25) is 0 Å². The quantitative estimate of drug-likeness (QED) is 0.230. The number of thiophene rings is 1. The predicted molar refractivity (Wildman–Crippen MR) is 165 cm³/mol. The molecule has 6 rings (SSSR count). The van der Waals surface area contributed by atoms with E-state index >= 15 is 0 Å². The Balaban J connectivity index is 1.50. The fourth-order valence-corrected chi connectivity index (χ4v) is 6.51. The second-order valence-electron chi connectivity index (χ2n) is 10.2. The minimum Gasteiger partial charge on any atom is -0.497 e. The van der Waals surface area contributed by atoms with Crippen LogP contribution in [0.15, 0.2) is 90.3 Å². The van der Waals surface area contributed by atoms with E-state index in [1.807, 2.05) is 85.1 Å². The second-order valence-corrected chi connectivity index (χ2v) is 11.1. The maximum atomic E-state index is 14.2. The summed E-state index contributed by atoms with van der Waals surface area (Å²) in [6, 6.07) is 26.1. The first-order valence-corrected chi connectivity index (χ1v) is 14.4. The average Bonchev–Trinajstić information content (AvgIpc) is 3.57. The molecule has 1 unspecified atom stereocenters. The minimum atomic E-state index is -0.482. The first-order valence-electron chi connectivity index (χ1n) is 13.6. The van der Waals surface area contributed by atoms with E-state index < -0.39 is 6.04 Å². The molecule has 2 N–H and O–H groups in total. The highest BCUT2D eigenvalue weighted by atomic mass is 32.1. The lowest BCUT2D eigenvalue weighted by Gasteiger charge is -2.28. The minimum absolute atomic E-state index is 0.211. The molecule has 2 heterocycles. The summed E-state index contributed by atoms with van der Waals surface area (Å²) in [6.45, 7) is 2.34. The topological polar surface area (TPSA) is 87.7 Å². The van der Waals surface area contributed by atoms with Crippen LogP contribution < -0.4 is 15.4 Å². The monoisotopic (exact) mass is 575 g/mol. The van der Waals surface area contributed by atoms with Gasteiger partial charge in [0.05, 0.1) is 13.2 Å². The summed E-state index contributed by atoms with van der Waals surface area (Å²) in [4.78, 5) is 43.1. The van der Waals surface area contributed by atoms with Crippen molar-refractivity contribution < 1.29 is 19.1 Å². The number of benzene rings is 4. The lowest BCUT2D eigenvalue weighted by atomic mass is 9.91. The molecule has 8 heteroatoms. The van der Waals surface area contributed by atoms with Gasteiger partial charge in [0.15, 0.2) is 0 Å². The number of ether oxygens (including phenoxy) is 1. The molecule has 0 bridgehead atoms. The van der Waals surface area contributed by atoms with Crippen molar-refractivity contribution in [3.8, 4) is 5.75 Å². The summed E-state index contributed by atoms with van der Waals surface area (Å²) in [6.07, 6.45) is 0. The highest BCUT2D eigenvalue weighted by Crippen LogP contribution is 2.45. The number of hydrogen-bond acceptors (Lipinski definition) is 5. The maximum absolute atomic E-state index is 14.2. The third-order valence-corrected chi connectivity index (χ3v) is 8.72. The molecule has 1 aliphatic rings. The van der Waals surface area contributed by atoms with Gasteiger partial charge in [-0.3, -0.25) is 14.4 Å². The summed E-state index contributed by atoms with van der Waals surface area (Å²) in [7, 11) is 3.16. The molecule has 7 nitrogen and oxygen atoms in total. The van der Waals surface area contributed by atoms with Gasteiger partial charge in [-0.2, -0.15) is 0 Å². The Morgan fingerprint density at radius 3 is 2.43 bits per heavy atom. The molecule has 3 amide bonds. The zero-order valence-corrected chi connectivity index (χ0v) is 24.2. The van der Waals surface area contributed by atoms with Crippen molar-refractivity contribution in [1.29, 1.82) is 0 Å². The van der Waals surface area contributed by atoms with Crippen LogP contribution in [-0.2, 0) is 6.54 Å². The largest absolute Gasteiger partial charge is 0.497 e. The number of rotatable bonds is 7. The van der Waals surface area contributed by atoms with Gasteiger partial charge in [0, 0.05) is 41.4 Å². The number of anilines is 1. The van der Waals surface area contributed by atoms with Crippen LogP contribution in [0.1, 0.15) is 58.7 Å². The Bertz CT molecular complexity index is 1840.